The third kappa shape index (κ3) is 2.58. The Kier molecular flexibility index (Phi) is 3.66. The molecular formula is C16H24O3. The van der Waals surface area contributed by atoms with Gasteiger partial charge in [0.25, 0.3) is 0 Å². The van der Waals surface area contributed by atoms with Gasteiger partial charge in [-0.25, -0.2) is 4.79 Å². The lowest BCUT2D eigenvalue weighted by atomic mass is 9.61. The molecule has 19 heavy (non-hydrogen) atoms. The first-order chi connectivity index (χ1) is 9.15. The fourth-order valence-corrected chi connectivity index (χ4v) is 4.28. The Labute approximate surface area is 115 Å². The third-order valence-electron chi connectivity index (χ3n) is 5.35. The Bertz CT molecular complexity index is 376. The molecule has 0 aromatic carbocycles. The summed E-state index contributed by atoms with van der Waals surface area (Å²) in [5.41, 5.74) is 0.452. The van der Waals surface area contributed by atoms with E-state index in [1.807, 2.05) is 0 Å². The summed E-state index contributed by atoms with van der Waals surface area (Å²) in [5.74, 6) is 3.38. The van der Waals surface area contributed by atoms with Crippen LogP contribution in [0.2, 0.25) is 0 Å². The number of ether oxygens (including phenoxy) is 2. The topological polar surface area (TPSA) is 35.5 Å². The highest BCUT2D eigenvalue weighted by Gasteiger charge is 2.50. The minimum absolute atomic E-state index is 0.313. The molecule has 3 aliphatic rings. The van der Waals surface area contributed by atoms with Crippen LogP contribution in [0, 0.1) is 23.7 Å². The molecule has 0 aliphatic heterocycles. The van der Waals surface area contributed by atoms with Crippen LogP contribution in [0.25, 0.3) is 0 Å². The van der Waals surface area contributed by atoms with Gasteiger partial charge in [0.15, 0.2) is 0 Å². The molecule has 0 aromatic rings. The van der Waals surface area contributed by atoms with Gasteiger partial charge in [0.05, 0.1) is 12.7 Å². The fraction of sp³-hybridized carbons (Fsp3) is 0.812. The lowest BCUT2D eigenvalue weighted by Crippen LogP contribution is -2.36. The van der Waals surface area contributed by atoms with E-state index in [0.29, 0.717) is 24.9 Å². The number of hydrogen-bond acceptors (Lipinski definition) is 3. The van der Waals surface area contributed by atoms with Crippen molar-refractivity contribution in [1.29, 1.82) is 0 Å². The van der Waals surface area contributed by atoms with E-state index < -0.39 is 0 Å². The van der Waals surface area contributed by atoms with Gasteiger partial charge in [-0.05, 0) is 62.7 Å². The lowest BCUT2D eigenvalue weighted by molar-refractivity contribution is -0.141. The Hall–Kier alpha value is -0.830. The van der Waals surface area contributed by atoms with Gasteiger partial charge in [-0.15, -0.1) is 0 Å². The van der Waals surface area contributed by atoms with Crippen molar-refractivity contribution in [3.8, 4) is 0 Å². The molecule has 3 rings (SSSR count). The van der Waals surface area contributed by atoms with Crippen molar-refractivity contribution in [2.24, 2.45) is 23.7 Å². The molecule has 2 bridgehead atoms. The van der Waals surface area contributed by atoms with Gasteiger partial charge >= 0.3 is 5.97 Å². The number of fused-ring (bicyclic) bond motifs is 4. The summed E-state index contributed by atoms with van der Waals surface area (Å²) in [6.07, 6.45) is 7.29. The Morgan fingerprint density at radius 1 is 1.11 bits per heavy atom. The molecule has 0 heterocycles. The van der Waals surface area contributed by atoms with Crippen molar-refractivity contribution >= 4 is 5.97 Å². The monoisotopic (exact) mass is 264 g/mol. The second kappa shape index (κ2) is 5.28. The largest absolute Gasteiger partial charge is 0.460 e. The third-order valence-corrected chi connectivity index (χ3v) is 5.35. The average molecular weight is 264 g/mol. The average Bonchev–Trinajstić information content (AvgIpc) is 2.68. The van der Waals surface area contributed by atoms with E-state index in [-0.39, 0.29) is 5.97 Å². The van der Waals surface area contributed by atoms with Gasteiger partial charge in [-0.2, -0.15) is 0 Å². The highest BCUT2D eigenvalue weighted by atomic mass is 16.6. The van der Waals surface area contributed by atoms with E-state index in [9.17, 15) is 4.79 Å². The Morgan fingerprint density at radius 3 is 2.58 bits per heavy atom. The molecule has 0 aromatic heterocycles. The smallest absolute Gasteiger partial charge is 0.333 e. The molecule has 0 amide bonds. The number of esters is 1. The van der Waals surface area contributed by atoms with Gasteiger partial charge in [0.2, 0.25) is 0 Å². The second-order valence-electron chi connectivity index (χ2n) is 6.55. The van der Waals surface area contributed by atoms with Crippen LogP contribution in [0.4, 0.5) is 0 Å². The van der Waals surface area contributed by atoms with Crippen molar-refractivity contribution in [2.45, 2.75) is 45.1 Å². The van der Waals surface area contributed by atoms with Crippen LogP contribution in [0.3, 0.4) is 0 Å². The normalized spacial score (nSPS) is 39.3. The molecule has 0 radical (unpaired) electrons. The number of hydrogen-bond donors (Lipinski definition) is 0. The fourth-order valence-electron chi connectivity index (χ4n) is 4.28. The van der Waals surface area contributed by atoms with E-state index in [1.165, 1.54) is 32.1 Å². The molecule has 3 nitrogen and oxygen atoms in total. The van der Waals surface area contributed by atoms with E-state index in [2.05, 4.69) is 6.58 Å². The maximum atomic E-state index is 11.2. The van der Waals surface area contributed by atoms with Crippen LogP contribution >= 0.6 is 0 Å². The summed E-state index contributed by atoms with van der Waals surface area (Å²) in [6, 6.07) is 0. The maximum absolute atomic E-state index is 11.2. The van der Waals surface area contributed by atoms with Crippen molar-refractivity contribution in [3.63, 3.8) is 0 Å². The summed E-state index contributed by atoms with van der Waals surface area (Å²) < 4.78 is 11.0. The van der Waals surface area contributed by atoms with Crippen LogP contribution in [-0.2, 0) is 14.3 Å². The predicted molar refractivity (Wildman–Crippen MR) is 72.6 cm³/mol. The van der Waals surface area contributed by atoms with Crippen LogP contribution in [-0.4, -0.2) is 25.3 Å². The first kappa shape index (κ1) is 13.2. The van der Waals surface area contributed by atoms with Gasteiger partial charge in [-0.1, -0.05) is 6.58 Å². The van der Waals surface area contributed by atoms with Crippen molar-refractivity contribution < 1.29 is 14.3 Å². The molecule has 3 aliphatic carbocycles. The summed E-state index contributed by atoms with van der Waals surface area (Å²) in [5, 5.41) is 0. The van der Waals surface area contributed by atoms with Crippen LogP contribution in [0.5, 0.6) is 0 Å². The van der Waals surface area contributed by atoms with E-state index in [0.717, 1.165) is 23.7 Å². The molecule has 3 fully saturated rings. The van der Waals surface area contributed by atoms with Crippen molar-refractivity contribution in [2.75, 3.05) is 13.2 Å². The highest BCUT2D eigenvalue weighted by molar-refractivity contribution is 5.86. The van der Waals surface area contributed by atoms with Gasteiger partial charge < -0.3 is 9.47 Å². The van der Waals surface area contributed by atoms with E-state index in [1.54, 1.807) is 6.92 Å². The standard InChI is InChI=1S/C16H24O3/c1-10(2)16(17)19-6-5-18-15-9-12-8-13(15)7-11-3-4-14(11)12/h11-15H,1,3-9H2,2H3. The van der Waals surface area contributed by atoms with E-state index in [4.69, 9.17) is 9.47 Å². The van der Waals surface area contributed by atoms with Crippen LogP contribution in [0.15, 0.2) is 12.2 Å². The quantitative estimate of drug-likeness (QED) is 0.435. The zero-order valence-electron chi connectivity index (χ0n) is 11.8. The predicted octanol–water partition coefficient (Wildman–Crippen LogP) is 2.95. The number of rotatable bonds is 5. The molecule has 0 saturated heterocycles. The molecule has 3 heteroatoms. The SMILES string of the molecule is C=C(C)C(=O)OCCOC1CC2CC1CC1CCC12. The molecule has 5 unspecified atom stereocenters. The molecule has 3 saturated carbocycles. The zero-order chi connectivity index (χ0) is 13.4. The van der Waals surface area contributed by atoms with Crippen molar-refractivity contribution in [1.82, 2.24) is 0 Å². The highest BCUT2D eigenvalue weighted by Crippen LogP contribution is 2.57. The molecule has 0 N–H and O–H groups in total. The van der Waals surface area contributed by atoms with E-state index >= 15 is 0 Å². The van der Waals surface area contributed by atoms with Crippen LogP contribution < -0.4 is 0 Å². The summed E-state index contributed by atoms with van der Waals surface area (Å²) in [4.78, 5) is 11.2. The Morgan fingerprint density at radius 2 is 1.89 bits per heavy atom. The Balaban J connectivity index is 1.40. The summed E-state index contributed by atoms with van der Waals surface area (Å²) >= 11 is 0. The maximum Gasteiger partial charge on any atom is 0.333 e. The minimum atomic E-state index is -0.313. The molecule has 0 spiro atoms. The van der Waals surface area contributed by atoms with Crippen LogP contribution in [0.1, 0.15) is 39.0 Å². The van der Waals surface area contributed by atoms with Crippen molar-refractivity contribution in [3.05, 3.63) is 12.2 Å². The lowest BCUT2D eigenvalue weighted by Gasteiger charge is -2.44. The second-order valence-corrected chi connectivity index (χ2v) is 6.55. The first-order valence-corrected chi connectivity index (χ1v) is 7.59. The molecule has 5 atom stereocenters. The molecule has 106 valence electrons. The van der Waals surface area contributed by atoms with Gasteiger partial charge in [-0.3, -0.25) is 0 Å². The summed E-state index contributed by atoms with van der Waals surface area (Å²) in [6.45, 7) is 6.11. The number of carbonyl (C=O) groups is 1. The minimum Gasteiger partial charge on any atom is -0.460 e. The van der Waals surface area contributed by atoms with Gasteiger partial charge in [0, 0.05) is 5.57 Å². The number of carbonyl (C=O) groups excluding carboxylic acids is 1. The van der Waals surface area contributed by atoms with Gasteiger partial charge in [0.1, 0.15) is 6.61 Å². The molecular weight excluding hydrogens is 240 g/mol. The zero-order valence-corrected chi connectivity index (χ0v) is 11.8. The summed E-state index contributed by atoms with van der Waals surface area (Å²) in [7, 11) is 0. The first-order valence-electron chi connectivity index (χ1n) is 7.59.